The molecule has 1 aromatic rings. The Morgan fingerprint density at radius 2 is 2.00 bits per heavy atom. The minimum absolute atomic E-state index is 0.259. The fraction of sp³-hybridized carbons (Fsp3) is 0.600. The van der Waals surface area contributed by atoms with Gasteiger partial charge in [-0.3, -0.25) is 0 Å². The lowest BCUT2D eigenvalue weighted by atomic mass is 10.2. The summed E-state index contributed by atoms with van der Waals surface area (Å²) in [6, 6.07) is 3.65. The van der Waals surface area contributed by atoms with Crippen LogP contribution in [-0.2, 0) is 9.47 Å². The van der Waals surface area contributed by atoms with Gasteiger partial charge in [0.2, 0.25) is 0 Å². The van der Waals surface area contributed by atoms with E-state index < -0.39 is 6.10 Å². The predicted octanol–water partition coefficient (Wildman–Crippen LogP) is 2.48. The lowest BCUT2D eigenvalue weighted by Gasteiger charge is -2.16. The van der Waals surface area contributed by atoms with Crippen LogP contribution in [0.5, 0.6) is 5.75 Å². The SMILES string of the molecule is CCOCCOCC(O)CNc1cc(C)c(Cl)cc1OC. The molecule has 0 aliphatic carbocycles. The van der Waals surface area contributed by atoms with Crippen molar-refractivity contribution in [1.29, 1.82) is 0 Å². The van der Waals surface area contributed by atoms with E-state index in [1.807, 2.05) is 19.9 Å². The summed E-state index contributed by atoms with van der Waals surface area (Å²) >= 11 is 6.05. The lowest BCUT2D eigenvalue weighted by molar-refractivity contribution is 0.0103. The molecule has 6 heteroatoms. The third-order valence-corrected chi connectivity index (χ3v) is 3.30. The summed E-state index contributed by atoms with van der Waals surface area (Å²) in [7, 11) is 1.58. The lowest BCUT2D eigenvalue weighted by Crippen LogP contribution is -2.25. The Kier molecular flexibility index (Phi) is 8.45. The third-order valence-electron chi connectivity index (χ3n) is 2.90. The molecule has 0 spiro atoms. The van der Waals surface area contributed by atoms with Gasteiger partial charge in [0.05, 0.1) is 38.7 Å². The van der Waals surface area contributed by atoms with Gasteiger partial charge in [-0.2, -0.15) is 0 Å². The average molecular weight is 318 g/mol. The molecular formula is C15H24ClNO4. The Bertz CT molecular complexity index is 428. The quantitative estimate of drug-likeness (QED) is 0.649. The molecule has 0 aromatic heterocycles. The van der Waals surface area contributed by atoms with Gasteiger partial charge in [-0.05, 0) is 25.5 Å². The summed E-state index contributed by atoms with van der Waals surface area (Å²) in [6.07, 6.45) is -0.604. The van der Waals surface area contributed by atoms with E-state index in [4.69, 9.17) is 25.8 Å². The van der Waals surface area contributed by atoms with Crippen LogP contribution >= 0.6 is 11.6 Å². The van der Waals surface area contributed by atoms with Gasteiger partial charge in [0.25, 0.3) is 0 Å². The van der Waals surface area contributed by atoms with Crippen LogP contribution in [0.15, 0.2) is 12.1 Å². The van der Waals surface area contributed by atoms with Gasteiger partial charge in [0, 0.05) is 24.2 Å². The fourth-order valence-electron chi connectivity index (χ4n) is 1.74. The number of aryl methyl sites for hydroxylation is 1. The normalized spacial score (nSPS) is 12.2. The Morgan fingerprint density at radius 3 is 2.67 bits per heavy atom. The number of nitrogens with one attached hydrogen (secondary N) is 1. The Hall–Kier alpha value is -1.01. The van der Waals surface area contributed by atoms with Crippen molar-refractivity contribution in [3.8, 4) is 5.75 Å². The number of halogens is 1. The van der Waals surface area contributed by atoms with E-state index in [0.717, 1.165) is 11.3 Å². The van der Waals surface area contributed by atoms with Crippen LogP contribution in [0, 0.1) is 6.92 Å². The first-order valence-corrected chi connectivity index (χ1v) is 7.37. The summed E-state index contributed by atoms with van der Waals surface area (Å²) in [5, 5.41) is 13.6. The second kappa shape index (κ2) is 9.84. The van der Waals surface area contributed by atoms with E-state index in [0.29, 0.717) is 37.1 Å². The summed E-state index contributed by atoms with van der Waals surface area (Å²) in [4.78, 5) is 0. The number of aliphatic hydroxyl groups is 1. The summed E-state index contributed by atoms with van der Waals surface area (Å²) < 4.78 is 15.7. The average Bonchev–Trinajstić information content (AvgIpc) is 2.47. The maximum absolute atomic E-state index is 9.86. The smallest absolute Gasteiger partial charge is 0.143 e. The zero-order valence-corrected chi connectivity index (χ0v) is 13.6. The molecule has 1 atom stereocenters. The molecule has 0 aliphatic heterocycles. The number of ether oxygens (including phenoxy) is 3. The van der Waals surface area contributed by atoms with Crippen molar-refractivity contribution in [3.63, 3.8) is 0 Å². The maximum atomic E-state index is 9.86. The highest BCUT2D eigenvalue weighted by Crippen LogP contribution is 2.30. The monoisotopic (exact) mass is 317 g/mol. The van der Waals surface area contributed by atoms with Crippen LogP contribution in [-0.4, -0.2) is 51.3 Å². The molecule has 0 bridgehead atoms. The maximum Gasteiger partial charge on any atom is 0.143 e. The molecule has 0 aliphatic rings. The van der Waals surface area contributed by atoms with Gasteiger partial charge in [-0.1, -0.05) is 11.6 Å². The number of hydrogen-bond donors (Lipinski definition) is 2. The largest absolute Gasteiger partial charge is 0.495 e. The van der Waals surface area contributed by atoms with Gasteiger partial charge < -0.3 is 24.6 Å². The second-order valence-corrected chi connectivity index (χ2v) is 5.02. The number of anilines is 1. The number of rotatable bonds is 10. The highest BCUT2D eigenvalue weighted by Gasteiger charge is 2.09. The van der Waals surface area contributed by atoms with E-state index in [-0.39, 0.29) is 6.61 Å². The highest BCUT2D eigenvalue weighted by molar-refractivity contribution is 6.31. The third kappa shape index (κ3) is 6.52. The Morgan fingerprint density at radius 1 is 1.29 bits per heavy atom. The molecule has 0 amide bonds. The highest BCUT2D eigenvalue weighted by atomic mass is 35.5. The molecule has 1 rings (SSSR count). The van der Waals surface area contributed by atoms with E-state index in [2.05, 4.69) is 5.32 Å². The molecule has 1 unspecified atom stereocenters. The molecule has 120 valence electrons. The minimum Gasteiger partial charge on any atom is -0.495 e. The molecule has 0 heterocycles. The predicted molar refractivity (Wildman–Crippen MR) is 84.5 cm³/mol. The zero-order valence-electron chi connectivity index (χ0n) is 12.8. The van der Waals surface area contributed by atoms with Gasteiger partial charge in [0.1, 0.15) is 5.75 Å². The number of hydrogen-bond acceptors (Lipinski definition) is 5. The molecule has 0 fully saturated rings. The number of benzene rings is 1. The minimum atomic E-state index is -0.604. The van der Waals surface area contributed by atoms with Gasteiger partial charge in [0.15, 0.2) is 0 Å². The van der Waals surface area contributed by atoms with Crippen LogP contribution < -0.4 is 10.1 Å². The molecular weight excluding hydrogens is 294 g/mol. The standard InChI is InChI=1S/C15H24ClNO4/c1-4-20-5-6-21-10-12(18)9-17-14-7-11(2)13(16)8-15(14)19-3/h7-8,12,17-18H,4-6,9-10H2,1-3H3. The number of methoxy groups -OCH3 is 1. The van der Waals surface area contributed by atoms with Crippen LogP contribution in [0.3, 0.4) is 0 Å². The van der Waals surface area contributed by atoms with Crippen LogP contribution in [0.1, 0.15) is 12.5 Å². The Balaban J connectivity index is 2.38. The zero-order chi connectivity index (χ0) is 15.7. The first-order valence-electron chi connectivity index (χ1n) is 7.00. The van der Waals surface area contributed by atoms with E-state index in [1.54, 1.807) is 13.2 Å². The molecule has 0 saturated heterocycles. The van der Waals surface area contributed by atoms with Crippen molar-refractivity contribution in [3.05, 3.63) is 22.7 Å². The molecule has 5 nitrogen and oxygen atoms in total. The van der Waals surface area contributed by atoms with Crippen LogP contribution in [0.2, 0.25) is 5.02 Å². The summed E-state index contributed by atoms with van der Waals surface area (Å²) in [5.41, 5.74) is 1.75. The topological polar surface area (TPSA) is 60.0 Å². The molecule has 21 heavy (non-hydrogen) atoms. The van der Waals surface area contributed by atoms with E-state index in [9.17, 15) is 5.11 Å². The van der Waals surface area contributed by atoms with Gasteiger partial charge in [-0.25, -0.2) is 0 Å². The Labute approximate surface area is 131 Å². The summed E-state index contributed by atoms with van der Waals surface area (Å²) in [5.74, 6) is 0.648. The van der Waals surface area contributed by atoms with Crippen LogP contribution in [0.4, 0.5) is 5.69 Å². The second-order valence-electron chi connectivity index (χ2n) is 4.61. The van der Waals surface area contributed by atoms with Crippen LogP contribution in [0.25, 0.3) is 0 Å². The van der Waals surface area contributed by atoms with Crippen molar-refractivity contribution >= 4 is 17.3 Å². The first-order chi connectivity index (χ1) is 10.1. The molecule has 2 N–H and O–H groups in total. The number of aliphatic hydroxyl groups excluding tert-OH is 1. The van der Waals surface area contributed by atoms with E-state index in [1.165, 1.54) is 0 Å². The fourth-order valence-corrected chi connectivity index (χ4v) is 1.89. The van der Waals surface area contributed by atoms with Crippen molar-refractivity contribution in [2.24, 2.45) is 0 Å². The van der Waals surface area contributed by atoms with Crippen molar-refractivity contribution < 1.29 is 19.3 Å². The van der Waals surface area contributed by atoms with Crippen molar-refractivity contribution in [2.75, 3.05) is 45.4 Å². The van der Waals surface area contributed by atoms with Gasteiger partial charge in [-0.15, -0.1) is 0 Å². The van der Waals surface area contributed by atoms with Gasteiger partial charge >= 0.3 is 0 Å². The van der Waals surface area contributed by atoms with Crippen molar-refractivity contribution in [1.82, 2.24) is 0 Å². The molecule has 0 radical (unpaired) electrons. The summed E-state index contributed by atoms with van der Waals surface area (Å²) in [6.45, 7) is 6.17. The van der Waals surface area contributed by atoms with E-state index >= 15 is 0 Å². The first kappa shape index (κ1) is 18.0. The van der Waals surface area contributed by atoms with Crippen molar-refractivity contribution in [2.45, 2.75) is 20.0 Å². The molecule has 0 saturated carbocycles. The molecule has 1 aromatic carbocycles.